The van der Waals surface area contributed by atoms with Gasteiger partial charge in [-0.05, 0) is 19.3 Å². The number of hydrogen-bond donors (Lipinski definition) is 2. The van der Waals surface area contributed by atoms with Crippen molar-refractivity contribution >= 4 is 16.0 Å². The molecule has 0 rings (SSSR count). The first-order valence-electron chi connectivity index (χ1n) is 10.5. The fraction of sp³-hybridized carbons (Fsp3) is 0.944. The molecule has 0 aliphatic heterocycles. The molecule has 0 radical (unpaired) electrons. The Morgan fingerprint density at radius 2 is 1.29 bits per heavy atom. The molecule has 2 atom stereocenters. The van der Waals surface area contributed by atoms with Crippen LogP contribution in [0.2, 0.25) is 0 Å². The lowest BCUT2D eigenvalue weighted by molar-refractivity contribution is -0.881. The highest BCUT2D eigenvalue weighted by molar-refractivity contribution is 7.89. The van der Waals surface area contributed by atoms with Gasteiger partial charge in [-0.25, -0.2) is 22.3 Å². The molecule has 2 N–H and O–H groups in total. The van der Waals surface area contributed by atoms with Crippen molar-refractivity contribution in [1.82, 2.24) is 4.72 Å². The minimum atomic E-state index is -6.92. The summed E-state index contributed by atoms with van der Waals surface area (Å²) in [7, 11) is -1.52. The van der Waals surface area contributed by atoms with Gasteiger partial charge >= 0.3 is 30.7 Å². The maximum absolute atomic E-state index is 13.9. The minimum absolute atomic E-state index is 0.0899. The molecule has 0 amide bonds. The molecule has 6 nitrogen and oxygen atoms in total. The second-order valence-electron chi connectivity index (χ2n) is 9.28. The number of carbonyl (C=O) groups is 1. The molecular formula is C18H26F13N2O4S+. The van der Waals surface area contributed by atoms with E-state index in [4.69, 9.17) is 5.11 Å². The van der Waals surface area contributed by atoms with E-state index in [1.165, 1.54) is 14.1 Å². The van der Waals surface area contributed by atoms with E-state index in [2.05, 4.69) is 0 Å². The predicted octanol–water partition coefficient (Wildman–Crippen LogP) is 4.82. The second-order valence-corrected chi connectivity index (χ2v) is 11.2. The Kier molecular flexibility index (Phi) is 11.8. The van der Waals surface area contributed by atoms with Gasteiger partial charge in [-0.3, -0.25) is 0 Å². The van der Waals surface area contributed by atoms with Gasteiger partial charge < -0.3 is 9.59 Å². The van der Waals surface area contributed by atoms with E-state index in [1.54, 1.807) is 0 Å². The van der Waals surface area contributed by atoms with E-state index < -0.39 is 96.2 Å². The molecule has 0 bridgehead atoms. The summed E-state index contributed by atoms with van der Waals surface area (Å²) in [6.07, 6.45) is -33.8. The quantitative estimate of drug-likeness (QED) is 0.218. The van der Waals surface area contributed by atoms with Crippen molar-refractivity contribution in [3.8, 4) is 0 Å². The average Bonchev–Trinajstić information content (AvgIpc) is 2.61. The van der Waals surface area contributed by atoms with Crippen molar-refractivity contribution in [1.29, 1.82) is 0 Å². The van der Waals surface area contributed by atoms with Crippen LogP contribution in [0.3, 0.4) is 0 Å². The smallest absolute Gasteiger partial charge is 0.431 e. The summed E-state index contributed by atoms with van der Waals surface area (Å²) in [6, 6.07) is 0. The van der Waals surface area contributed by atoms with Crippen LogP contribution in [-0.4, -0.2) is 93.8 Å². The molecular weight excluding hydrogens is 587 g/mol. The van der Waals surface area contributed by atoms with E-state index in [1.807, 2.05) is 4.72 Å². The van der Waals surface area contributed by atoms with Gasteiger partial charge in [-0.1, -0.05) is 0 Å². The zero-order valence-corrected chi connectivity index (χ0v) is 20.6. The highest BCUT2D eigenvalue weighted by Crippen LogP contribution is 2.53. The third kappa shape index (κ3) is 11.7. The molecule has 20 heteroatoms. The number of sulfonamides is 1. The normalized spacial score (nSPS) is 16.4. The lowest BCUT2D eigenvalue weighted by Crippen LogP contribution is -2.55. The standard InChI is InChI=1S/C18H25F13N2O4S/c1-33(2,10-13(34)35)6-5-32-38(36,37)7-3-4-11(15(20,21)22)8-12(16(23,24)25)9-14(19,17(26,27)28)18(29,30)31/h11-12,32H,3-10H2,1-2H3/p+1. The molecule has 0 fully saturated rings. The monoisotopic (exact) mass is 613 g/mol. The van der Waals surface area contributed by atoms with Crippen LogP contribution >= 0.6 is 0 Å². The van der Waals surface area contributed by atoms with Gasteiger partial charge in [0.05, 0.1) is 44.8 Å². The summed E-state index contributed by atoms with van der Waals surface area (Å²) in [5, 5.41) is 8.75. The maximum atomic E-state index is 13.9. The number of nitrogens with one attached hydrogen (secondary N) is 1. The van der Waals surface area contributed by atoms with Gasteiger partial charge in [0, 0.05) is 6.42 Å². The van der Waals surface area contributed by atoms with E-state index in [0.717, 1.165) is 0 Å². The number of carboxylic acids is 1. The molecule has 0 saturated heterocycles. The topological polar surface area (TPSA) is 83.5 Å². The number of likely N-dealkylation sites (N-methyl/N-ethyl adjacent to an activating group) is 1. The van der Waals surface area contributed by atoms with Crippen molar-refractivity contribution in [3.05, 3.63) is 0 Å². The molecule has 0 aromatic heterocycles. The average molecular weight is 613 g/mol. The first kappa shape index (κ1) is 36.4. The van der Waals surface area contributed by atoms with Crippen molar-refractivity contribution in [2.75, 3.05) is 39.5 Å². The van der Waals surface area contributed by atoms with Gasteiger partial charge in [0.25, 0.3) is 5.67 Å². The summed E-state index contributed by atoms with van der Waals surface area (Å²) < 4.78 is 195. The van der Waals surface area contributed by atoms with E-state index >= 15 is 0 Å². The van der Waals surface area contributed by atoms with Crippen LogP contribution in [0.15, 0.2) is 0 Å². The Labute approximate surface area is 208 Å². The molecule has 0 heterocycles. The number of alkyl halides is 13. The van der Waals surface area contributed by atoms with Crippen LogP contribution in [0.1, 0.15) is 25.7 Å². The van der Waals surface area contributed by atoms with Gasteiger partial charge in [-0.2, -0.15) is 52.7 Å². The Morgan fingerprint density at radius 3 is 1.66 bits per heavy atom. The molecule has 0 aliphatic rings. The van der Waals surface area contributed by atoms with Crippen LogP contribution in [0, 0.1) is 11.8 Å². The second kappa shape index (κ2) is 12.3. The number of rotatable bonds is 14. The number of aliphatic carboxylic acids is 1. The molecule has 0 aromatic carbocycles. The van der Waals surface area contributed by atoms with Gasteiger partial charge in [0.2, 0.25) is 10.0 Å². The summed E-state index contributed by atoms with van der Waals surface area (Å²) in [6.45, 7) is -0.888. The Morgan fingerprint density at radius 1 is 0.842 bits per heavy atom. The molecule has 0 aromatic rings. The molecule has 0 saturated carbocycles. The largest absolute Gasteiger partial charge is 0.477 e. The number of hydrogen-bond acceptors (Lipinski definition) is 3. The van der Waals surface area contributed by atoms with Crippen LogP contribution in [0.25, 0.3) is 0 Å². The van der Waals surface area contributed by atoms with Gasteiger partial charge in [0.1, 0.15) is 0 Å². The number of halogens is 13. The summed E-state index contributed by atoms with van der Waals surface area (Å²) >= 11 is 0. The third-order valence-electron chi connectivity index (χ3n) is 5.49. The maximum Gasteiger partial charge on any atom is 0.431 e. The summed E-state index contributed by atoms with van der Waals surface area (Å²) in [4.78, 5) is 10.7. The Hall–Kier alpha value is -1.57. The fourth-order valence-corrected chi connectivity index (χ4v) is 4.46. The first-order valence-corrected chi connectivity index (χ1v) is 12.2. The molecule has 38 heavy (non-hydrogen) atoms. The summed E-state index contributed by atoms with van der Waals surface area (Å²) in [5.74, 6) is -9.56. The van der Waals surface area contributed by atoms with E-state index in [0.29, 0.717) is 0 Å². The van der Waals surface area contributed by atoms with Crippen molar-refractivity contribution < 1.29 is 79.9 Å². The van der Waals surface area contributed by atoms with Crippen LogP contribution < -0.4 is 4.72 Å². The lowest BCUT2D eigenvalue weighted by Gasteiger charge is -2.35. The van der Waals surface area contributed by atoms with Crippen molar-refractivity contribution in [3.63, 3.8) is 0 Å². The van der Waals surface area contributed by atoms with E-state index in [9.17, 15) is 70.3 Å². The van der Waals surface area contributed by atoms with Crippen LogP contribution in [0.4, 0.5) is 57.1 Å². The highest BCUT2D eigenvalue weighted by atomic mass is 32.2. The van der Waals surface area contributed by atoms with Crippen LogP contribution in [0.5, 0.6) is 0 Å². The highest BCUT2D eigenvalue weighted by Gasteiger charge is 2.74. The lowest BCUT2D eigenvalue weighted by atomic mass is 9.82. The number of nitrogens with zero attached hydrogens (tertiary/aromatic N) is 1. The van der Waals surface area contributed by atoms with Crippen LogP contribution in [-0.2, 0) is 14.8 Å². The first-order chi connectivity index (χ1) is 16.5. The summed E-state index contributed by atoms with van der Waals surface area (Å²) in [5.41, 5.74) is -6.45. The zero-order chi connectivity index (χ0) is 30.6. The Balaban J connectivity index is 5.54. The predicted molar refractivity (Wildman–Crippen MR) is 105 cm³/mol. The number of quaternary nitrogens is 1. The fourth-order valence-electron chi connectivity index (χ4n) is 3.36. The number of carboxylic acid groups (broad SMARTS) is 1. The van der Waals surface area contributed by atoms with Crippen molar-refractivity contribution in [2.45, 2.75) is 56.1 Å². The molecule has 228 valence electrons. The van der Waals surface area contributed by atoms with Gasteiger partial charge in [0.15, 0.2) is 6.54 Å². The molecule has 0 spiro atoms. The Bertz CT molecular complexity index is 867. The van der Waals surface area contributed by atoms with E-state index in [-0.39, 0.29) is 17.6 Å². The minimum Gasteiger partial charge on any atom is -0.477 e. The SMILES string of the molecule is C[N+](C)(CCNS(=O)(=O)CCCC(CC(CC(F)(C(F)(F)F)C(F)(F)F)C(F)(F)F)C(F)(F)F)CC(=O)O. The molecule has 0 aliphatic carbocycles. The third-order valence-corrected chi connectivity index (χ3v) is 6.96. The van der Waals surface area contributed by atoms with Crippen molar-refractivity contribution in [2.24, 2.45) is 11.8 Å². The zero-order valence-electron chi connectivity index (χ0n) is 19.8. The molecule has 2 unspecified atom stereocenters. The van der Waals surface area contributed by atoms with Gasteiger partial charge in [-0.15, -0.1) is 0 Å².